The zero-order chi connectivity index (χ0) is 8.27. The first-order valence-corrected chi connectivity index (χ1v) is 4.32. The Bertz CT molecular complexity index is 257. The van der Waals surface area contributed by atoms with Gasteiger partial charge in [0.15, 0.2) is 0 Å². The van der Waals surface area contributed by atoms with Crippen LogP contribution in [0.5, 0.6) is 0 Å². The van der Waals surface area contributed by atoms with E-state index in [0.717, 1.165) is 5.33 Å². The first kappa shape index (κ1) is 8.33. The van der Waals surface area contributed by atoms with Crippen LogP contribution >= 0.6 is 15.9 Å². The van der Waals surface area contributed by atoms with Crippen LogP contribution in [0.3, 0.4) is 0 Å². The standard InChI is InChI=1S/C7H8BrNO2/c8-3-5-9-4-1-2-6(9)7(10)11/h1-2,4H,3,5H2,(H,10,11). The third-order valence-corrected chi connectivity index (χ3v) is 1.73. The lowest BCUT2D eigenvalue weighted by Gasteiger charge is -2.01. The predicted molar refractivity (Wildman–Crippen MR) is 45.2 cm³/mol. The number of carboxylic acid groups (broad SMARTS) is 1. The molecule has 0 atom stereocenters. The molecule has 60 valence electrons. The van der Waals surface area contributed by atoms with Crippen molar-refractivity contribution in [2.45, 2.75) is 6.54 Å². The van der Waals surface area contributed by atoms with Crippen LogP contribution in [0.2, 0.25) is 0 Å². The van der Waals surface area contributed by atoms with Crippen molar-refractivity contribution in [1.29, 1.82) is 0 Å². The lowest BCUT2D eigenvalue weighted by Crippen LogP contribution is -2.07. The van der Waals surface area contributed by atoms with E-state index in [1.165, 1.54) is 0 Å². The van der Waals surface area contributed by atoms with Crippen LogP contribution in [-0.4, -0.2) is 21.0 Å². The van der Waals surface area contributed by atoms with Crippen molar-refractivity contribution >= 4 is 21.9 Å². The van der Waals surface area contributed by atoms with E-state index in [0.29, 0.717) is 12.2 Å². The number of hydrogen-bond acceptors (Lipinski definition) is 1. The Morgan fingerprint density at radius 2 is 2.45 bits per heavy atom. The fourth-order valence-electron chi connectivity index (χ4n) is 0.894. The molecule has 0 saturated heterocycles. The molecule has 1 aromatic heterocycles. The van der Waals surface area contributed by atoms with Crippen LogP contribution in [0.4, 0.5) is 0 Å². The maximum Gasteiger partial charge on any atom is 0.352 e. The summed E-state index contributed by atoms with van der Waals surface area (Å²) in [5.74, 6) is -0.879. The molecule has 0 unspecified atom stereocenters. The van der Waals surface area contributed by atoms with Gasteiger partial charge in [0.1, 0.15) is 5.69 Å². The number of alkyl halides is 1. The van der Waals surface area contributed by atoms with Crippen molar-refractivity contribution in [2.24, 2.45) is 0 Å². The number of nitrogens with zero attached hydrogens (tertiary/aromatic N) is 1. The van der Waals surface area contributed by atoms with Gasteiger partial charge in [0.25, 0.3) is 0 Å². The molecule has 1 N–H and O–H groups in total. The predicted octanol–water partition coefficient (Wildman–Crippen LogP) is 1.58. The van der Waals surface area contributed by atoms with Crippen molar-refractivity contribution in [3.05, 3.63) is 24.0 Å². The first-order valence-electron chi connectivity index (χ1n) is 3.20. The molecular weight excluding hydrogens is 210 g/mol. The highest BCUT2D eigenvalue weighted by Crippen LogP contribution is 2.02. The van der Waals surface area contributed by atoms with Gasteiger partial charge in [-0.05, 0) is 12.1 Å². The molecule has 0 aromatic carbocycles. The summed E-state index contributed by atoms with van der Waals surface area (Å²) in [6, 6.07) is 3.32. The normalized spacial score (nSPS) is 9.91. The summed E-state index contributed by atoms with van der Waals surface area (Å²) in [5.41, 5.74) is 0.337. The van der Waals surface area contributed by atoms with Crippen LogP contribution in [0.25, 0.3) is 0 Å². The molecule has 3 nitrogen and oxygen atoms in total. The minimum Gasteiger partial charge on any atom is -0.477 e. The van der Waals surface area contributed by atoms with Crippen molar-refractivity contribution in [2.75, 3.05) is 5.33 Å². The van der Waals surface area contributed by atoms with Gasteiger partial charge in [-0.25, -0.2) is 4.79 Å². The van der Waals surface area contributed by atoms with Gasteiger partial charge in [0, 0.05) is 18.1 Å². The van der Waals surface area contributed by atoms with E-state index in [4.69, 9.17) is 5.11 Å². The number of aryl methyl sites for hydroxylation is 1. The average Bonchev–Trinajstić information content (AvgIpc) is 2.36. The van der Waals surface area contributed by atoms with Crippen LogP contribution < -0.4 is 0 Å². The lowest BCUT2D eigenvalue weighted by atomic mass is 10.4. The Balaban J connectivity index is 2.87. The van der Waals surface area contributed by atoms with Crippen LogP contribution in [-0.2, 0) is 6.54 Å². The van der Waals surface area contributed by atoms with Gasteiger partial charge in [0.05, 0.1) is 0 Å². The van der Waals surface area contributed by atoms with Gasteiger partial charge in [-0.2, -0.15) is 0 Å². The second kappa shape index (κ2) is 3.57. The summed E-state index contributed by atoms with van der Waals surface area (Å²) in [6.07, 6.45) is 1.75. The summed E-state index contributed by atoms with van der Waals surface area (Å²) in [6.45, 7) is 0.689. The van der Waals surface area contributed by atoms with Gasteiger partial charge in [-0.1, -0.05) is 15.9 Å². The molecule has 1 heterocycles. The minimum atomic E-state index is -0.879. The summed E-state index contributed by atoms with van der Waals surface area (Å²) in [4.78, 5) is 10.5. The highest BCUT2D eigenvalue weighted by molar-refractivity contribution is 9.09. The van der Waals surface area contributed by atoms with Crippen LogP contribution in [0, 0.1) is 0 Å². The summed E-state index contributed by atoms with van der Waals surface area (Å²) in [7, 11) is 0. The van der Waals surface area contributed by atoms with E-state index in [1.54, 1.807) is 22.9 Å². The average molecular weight is 218 g/mol. The first-order chi connectivity index (χ1) is 5.25. The van der Waals surface area contributed by atoms with Crippen molar-refractivity contribution in [3.63, 3.8) is 0 Å². The van der Waals surface area contributed by atoms with E-state index in [2.05, 4.69) is 15.9 Å². The van der Waals surface area contributed by atoms with Crippen molar-refractivity contribution in [3.8, 4) is 0 Å². The molecule has 0 fully saturated rings. The Morgan fingerprint density at radius 3 is 3.00 bits per heavy atom. The van der Waals surface area contributed by atoms with E-state index >= 15 is 0 Å². The molecular formula is C7H8BrNO2. The summed E-state index contributed by atoms with van der Waals surface area (Å²) >= 11 is 3.24. The second-order valence-corrected chi connectivity index (χ2v) is 2.87. The largest absolute Gasteiger partial charge is 0.477 e. The number of halogens is 1. The van der Waals surface area contributed by atoms with Gasteiger partial charge in [-0.3, -0.25) is 0 Å². The number of carbonyl (C=O) groups is 1. The maximum absolute atomic E-state index is 10.5. The second-order valence-electron chi connectivity index (χ2n) is 2.08. The molecule has 4 heteroatoms. The van der Waals surface area contributed by atoms with E-state index < -0.39 is 5.97 Å². The number of aromatic carboxylic acids is 1. The Kier molecular flexibility index (Phi) is 2.70. The Hall–Kier alpha value is -0.770. The number of aromatic nitrogens is 1. The Labute approximate surface area is 72.8 Å². The molecule has 0 aliphatic carbocycles. The molecule has 0 radical (unpaired) electrons. The SMILES string of the molecule is O=C(O)c1cccn1CCBr. The summed E-state index contributed by atoms with van der Waals surface area (Å²) < 4.78 is 1.69. The monoisotopic (exact) mass is 217 g/mol. The van der Waals surface area contributed by atoms with Crippen LogP contribution in [0.15, 0.2) is 18.3 Å². The molecule has 1 rings (SSSR count). The highest BCUT2D eigenvalue weighted by atomic mass is 79.9. The van der Waals surface area contributed by atoms with Crippen molar-refractivity contribution < 1.29 is 9.90 Å². The topological polar surface area (TPSA) is 42.2 Å². The fourth-order valence-corrected chi connectivity index (χ4v) is 1.28. The van der Waals surface area contributed by atoms with Gasteiger partial charge in [-0.15, -0.1) is 0 Å². The highest BCUT2D eigenvalue weighted by Gasteiger charge is 2.06. The zero-order valence-electron chi connectivity index (χ0n) is 5.83. The molecule has 11 heavy (non-hydrogen) atoms. The zero-order valence-corrected chi connectivity index (χ0v) is 7.41. The molecule has 0 aliphatic heterocycles. The van der Waals surface area contributed by atoms with E-state index in [-0.39, 0.29) is 0 Å². The molecule has 1 aromatic rings. The number of hydrogen-bond donors (Lipinski definition) is 1. The van der Waals surface area contributed by atoms with E-state index in [9.17, 15) is 4.79 Å². The molecule has 0 amide bonds. The molecule has 0 saturated carbocycles. The van der Waals surface area contributed by atoms with Crippen LogP contribution in [0.1, 0.15) is 10.5 Å². The quantitative estimate of drug-likeness (QED) is 0.782. The Morgan fingerprint density at radius 1 is 1.73 bits per heavy atom. The van der Waals surface area contributed by atoms with Crippen molar-refractivity contribution in [1.82, 2.24) is 4.57 Å². The number of rotatable bonds is 3. The van der Waals surface area contributed by atoms with Gasteiger partial charge in [0.2, 0.25) is 0 Å². The smallest absolute Gasteiger partial charge is 0.352 e. The number of carboxylic acids is 1. The molecule has 0 spiro atoms. The maximum atomic E-state index is 10.5. The summed E-state index contributed by atoms with van der Waals surface area (Å²) in [5, 5.41) is 9.41. The van der Waals surface area contributed by atoms with E-state index in [1.807, 2.05) is 0 Å². The van der Waals surface area contributed by atoms with Gasteiger partial charge < -0.3 is 9.67 Å². The minimum absolute atomic E-state index is 0.337. The third-order valence-electron chi connectivity index (χ3n) is 1.37. The fraction of sp³-hybridized carbons (Fsp3) is 0.286. The lowest BCUT2D eigenvalue weighted by molar-refractivity contribution is 0.0685. The van der Waals surface area contributed by atoms with Gasteiger partial charge >= 0.3 is 5.97 Å². The third kappa shape index (κ3) is 1.83. The molecule has 0 bridgehead atoms. The molecule has 0 aliphatic rings.